The Kier molecular flexibility index (Phi) is 4.81. The van der Waals surface area contributed by atoms with E-state index in [0.29, 0.717) is 0 Å². The summed E-state index contributed by atoms with van der Waals surface area (Å²) in [6, 6.07) is 6.44. The third-order valence-corrected chi connectivity index (χ3v) is 6.28. The minimum atomic E-state index is -1.01. The van der Waals surface area contributed by atoms with Gasteiger partial charge in [0, 0.05) is 60.5 Å². The molecule has 13 heteroatoms. The smallest absolute Gasteiger partial charge is 0.321 e. The number of nitrogens with one attached hydrogen (secondary N) is 1. The first-order valence-electron chi connectivity index (χ1n) is 10.9. The zero-order chi connectivity index (χ0) is 24.8. The Balaban J connectivity index is 1.61. The molecule has 1 aliphatic carbocycles. The number of rotatable bonds is 5. The van der Waals surface area contributed by atoms with Gasteiger partial charge in [-0.1, -0.05) is 5.22 Å². The van der Waals surface area contributed by atoms with Gasteiger partial charge in [-0.05, 0) is 24.3 Å². The van der Waals surface area contributed by atoms with Crippen molar-refractivity contribution in [2.45, 2.75) is 6.04 Å². The van der Waals surface area contributed by atoms with E-state index in [4.69, 9.17) is 0 Å². The van der Waals surface area contributed by atoms with Crippen LogP contribution in [-0.2, 0) is 0 Å². The monoisotopic (exact) mass is 484 g/mol. The SMILES string of the molecule is O=[N+]([O-])C1=CC([N+](=O)[O-])=C2N=NNN2C1C1C(n2cccc2)=CC(=[N+]2C=CC=C2)C=C1n1cccc1. The second-order valence-electron chi connectivity index (χ2n) is 8.22. The van der Waals surface area contributed by atoms with Crippen molar-refractivity contribution in [2.24, 2.45) is 16.3 Å². The maximum absolute atomic E-state index is 12.3. The van der Waals surface area contributed by atoms with Gasteiger partial charge in [0.05, 0.1) is 21.8 Å². The lowest BCUT2D eigenvalue weighted by molar-refractivity contribution is -0.445. The van der Waals surface area contributed by atoms with Crippen LogP contribution >= 0.6 is 0 Å². The highest BCUT2D eigenvalue weighted by Gasteiger charge is 2.51. The quantitative estimate of drug-likeness (QED) is 0.393. The lowest BCUT2D eigenvalue weighted by Gasteiger charge is -2.37. The summed E-state index contributed by atoms with van der Waals surface area (Å²) in [7, 11) is 0. The Morgan fingerprint density at radius 2 is 1.44 bits per heavy atom. The highest BCUT2D eigenvalue weighted by Crippen LogP contribution is 2.43. The van der Waals surface area contributed by atoms with Gasteiger partial charge >= 0.3 is 5.70 Å². The molecule has 4 aliphatic rings. The van der Waals surface area contributed by atoms with E-state index in [1.807, 2.05) is 99.5 Å². The van der Waals surface area contributed by atoms with Crippen LogP contribution in [0.5, 0.6) is 0 Å². The zero-order valence-corrected chi connectivity index (χ0v) is 18.5. The second kappa shape index (κ2) is 8.16. The summed E-state index contributed by atoms with van der Waals surface area (Å²) < 4.78 is 5.72. The van der Waals surface area contributed by atoms with Crippen LogP contribution in [0.4, 0.5) is 0 Å². The van der Waals surface area contributed by atoms with Crippen LogP contribution in [0.25, 0.3) is 11.4 Å². The lowest BCUT2D eigenvalue weighted by atomic mass is 9.83. The highest BCUT2D eigenvalue weighted by molar-refractivity contribution is 6.10. The predicted octanol–water partition coefficient (Wildman–Crippen LogP) is 2.97. The number of fused-ring (bicyclic) bond motifs is 1. The van der Waals surface area contributed by atoms with Gasteiger partial charge in [-0.15, -0.1) is 5.11 Å². The number of allylic oxidation sites excluding steroid dienone is 5. The van der Waals surface area contributed by atoms with Crippen LogP contribution in [0, 0.1) is 26.1 Å². The largest absolute Gasteiger partial charge is 0.327 e. The second-order valence-corrected chi connectivity index (χ2v) is 8.22. The number of hydrogen-bond acceptors (Lipinski definition) is 8. The van der Waals surface area contributed by atoms with Crippen LogP contribution in [0.15, 0.2) is 119 Å². The first kappa shape index (κ1) is 21.2. The molecule has 0 fully saturated rings. The molecular weight excluding hydrogens is 466 g/mol. The molecule has 0 spiro atoms. The fourth-order valence-corrected chi connectivity index (χ4v) is 4.76. The Hall–Kier alpha value is -5.33. The maximum Gasteiger partial charge on any atom is 0.321 e. The van der Waals surface area contributed by atoms with Crippen LogP contribution in [0.2, 0.25) is 0 Å². The predicted molar refractivity (Wildman–Crippen MR) is 127 cm³/mol. The van der Waals surface area contributed by atoms with Gasteiger partial charge < -0.3 is 9.13 Å². The average Bonchev–Trinajstić information content (AvgIpc) is 3.70. The van der Waals surface area contributed by atoms with Gasteiger partial charge in [0.25, 0.3) is 11.5 Å². The number of nitrogens with zero attached hydrogens (tertiary/aromatic N) is 8. The number of nitro groups is 2. The summed E-state index contributed by atoms with van der Waals surface area (Å²) in [5.41, 5.74) is 4.09. The van der Waals surface area contributed by atoms with Crippen molar-refractivity contribution in [3.8, 4) is 0 Å². The van der Waals surface area contributed by atoms with Crippen LogP contribution in [-0.4, -0.2) is 40.3 Å². The van der Waals surface area contributed by atoms with Crippen LogP contribution in [0.3, 0.4) is 0 Å². The van der Waals surface area contributed by atoms with Gasteiger partial charge in [0.2, 0.25) is 5.71 Å². The molecule has 2 aromatic rings. The van der Waals surface area contributed by atoms with Crippen molar-refractivity contribution in [3.63, 3.8) is 0 Å². The maximum atomic E-state index is 12.3. The molecule has 178 valence electrons. The number of aromatic nitrogens is 2. The van der Waals surface area contributed by atoms with Crippen molar-refractivity contribution in [2.75, 3.05) is 0 Å². The minimum Gasteiger partial charge on any atom is -0.327 e. The fraction of sp³-hybridized carbons (Fsp3) is 0.0870. The van der Waals surface area contributed by atoms with E-state index in [9.17, 15) is 20.2 Å². The summed E-state index contributed by atoms with van der Waals surface area (Å²) in [6.07, 6.45) is 19.9. The van der Waals surface area contributed by atoms with Crippen molar-refractivity contribution in [3.05, 3.63) is 129 Å². The molecule has 1 atom stereocenters. The molecule has 0 radical (unpaired) electrons. The molecule has 36 heavy (non-hydrogen) atoms. The van der Waals surface area contributed by atoms with E-state index in [1.54, 1.807) is 0 Å². The first-order valence-corrected chi connectivity index (χ1v) is 10.9. The molecule has 1 unspecified atom stereocenters. The van der Waals surface area contributed by atoms with Gasteiger partial charge in [-0.2, -0.15) is 10.1 Å². The van der Waals surface area contributed by atoms with E-state index in [1.165, 1.54) is 5.01 Å². The third kappa shape index (κ3) is 3.29. The Morgan fingerprint density at radius 3 is 1.97 bits per heavy atom. The molecule has 0 saturated carbocycles. The lowest BCUT2D eigenvalue weighted by Crippen LogP contribution is -2.50. The van der Waals surface area contributed by atoms with Gasteiger partial charge in [-0.3, -0.25) is 20.2 Å². The van der Waals surface area contributed by atoms with E-state index in [-0.39, 0.29) is 11.5 Å². The molecule has 0 bridgehead atoms. The average molecular weight is 484 g/mol. The highest BCUT2D eigenvalue weighted by atomic mass is 16.6. The van der Waals surface area contributed by atoms with Gasteiger partial charge in [-0.25, -0.2) is 5.01 Å². The standard InChI is InChI=1S/C23H18N9O4/c33-31(34)19-15-20(32(35)36)23-24-25-26-30(23)22(19)21-17(28-9-3-4-10-28)13-16(27-7-1-2-8-27)14-18(21)29-11-5-6-12-29/h1-15,21-22H,(H,24,26)/q+1. The Bertz CT molecular complexity index is 1450. The third-order valence-electron chi connectivity index (χ3n) is 6.28. The molecule has 0 saturated heterocycles. The molecule has 5 heterocycles. The fourth-order valence-electron chi connectivity index (χ4n) is 4.76. The molecule has 6 rings (SSSR count). The summed E-state index contributed by atoms with van der Waals surface area (Å²) >= 11 is 0. The summed E-state index contributed by atoms with van der Waals surface area (Å²) in [6.45, 7) is 0. The normalized spacial score (nSPS) is 22.4. The topological polar surface area (TPSA) is 139 Å². The molecule has 3 aliphatic heterocycles. The molecule has 2 aromatic heterocycles. The van der Waals surface area contributed by atoms with Crippen molar-refractivity contribution < 1.29 is 14.4 Å². The Morgan fingerprint density at radius 1 is 0.861 bits per heavy atom. The van der Waals surface area contributed by atoms with Crippen LogP contribution < -0.4 is 5.53 Å². The van der Waals surface area contributed by atoms with E-state index in [2.05, 4.69) is 15.9 Å². The minimum absolute atomic E-state index is 0.0884. The molecule has 1 N–H and O–H groups in total. The first-order chi connectivity index (χ1) is 17.5. The van der Waals surface area contributed by atoms with E-state index >= 15 is 0 Å². The van der Waals surface area contributed by atoms with Crippen molar-refractivity contribution >= 4 is 17.1 Å². The summed E-state index contributed by atoms with van der Waals surface area (Å²) in [4.78, 5) is 22.7. The number of hydrazine groups is 1. The molecular formula is C23H18N9O4+. The number of hydrogen-bond donors (Lipinski definition) is 1. The molecule has 0 amide bonds. The van der Waals surface area contributed by atoms with Crippen LogP contribution in [0.1, 0.15) is 0 Å². The van der Waals surface area contributed by atoms with Crippen molar-refractivity contribution in [1.82, 2.24) is 19.7 Å². The summed E-state index contributed by atoms with van der Waals surface area (Å²) in [5, 5.41) is 33.0. The van der Waals surface area contributed by atoms with E-state index < -0.39 is 27.5 Å². The van der Waals surface area contributed by atoms with Crippen molar-refractivity contribution in [1.29, 1.82) is 0 Å². The van der Waals surface area contributed by atoms with Gasteiger partial charge in [0.15, 0.2) is 18.4 Å². The molecule has 0 aromatic carbocycles. The van der Waals surface area contributed by atoms with E-state index in [0.717, 1.165) is 23.2 Å². The Labute approximate surface area is 203 Å². The molecule has 13 nitrogen and oxygen atoms in total. The van der Waals surface area contributed by atoms with Gasteiger partial charge in [0.1, 0.15) is 0 Å². The summed E-state index contributed by atoms with van der Waals surface area (Å²) in [5.74, 6) is -0.741. The zero-order valence-electron chi connectivity index (χ0n) is 18.5.